The van der Waals surface area contributed by atoms with E-state index in [-0.39, 0.29) is 5.91 Å². The number of aryl methyl sites for hydroxylation is 1. The van der Waals surface area contributed by atoms with Crippen LogP contribution in [0.15, 0.2) is 24.3 Å². The van der Waals surface area contributed by atoms with Crippen LogP contribution in [0.1, 0.15) is 31.7 Å². The number of nitrogens with one attached hydrogen (secondary N) is 1. The lowest BCUT2D eigenvalue weighted by molar-refractivity contribution is -0.126. The number of anilines is 1. The third-order valence-corrected chi connectivity index (χ3v) is 3.50. The van der Waals surface area contributed by atoms with Gasteiger partial charge in [-0.05, 0) is 37.3 Å². The van der Waals surface area contributed by atoms with Gasteiger partial charge in [-0.3, -0.25) is 4.79 Å². The van der Waals surface area contributed by atoms with Gasteiger partial charge in [0, 0.05) is 5.69 Å². The highest BCUT2D eigenvalue weighted by Crippen LogP contribution is 2.41. The van der Waals surface area contributed by atoms with Crippen molar-refractivity contribution in [1.82, 2.24) is 0 Å². The van der Waals surface area contributed by atoms with Crippen LogP contribution in [-0.2, 0) is 11.2 Å². The topological polar surface area (TPSA) is 52.9 Å². The molecule has 0 atom stereocenters. The number of hydrogen-bond donors (Lipinski definition) is 1. The molecule has 1 saturated carbocycles. The Balaban J connectivity index is 2.16. The number of carbonyl (C=O) groups excluding carboxylic acids is 1. The van der Waals surface area contributed by atoms with Crippen LogP contribution in [0.2, 0.25) is 0 Å². The van der Waals surface area contributed by atoms with Crippen LogP contribution in [0, 0.1) is 16.7 Å². The first-order valence-electron chi connectivity index (χ1n) is 6.02. The number of nitriles is 1. The Morgan fingerprint density at radius 2 is 2.18 bits per heavy atom. The van der Waals surface area contributed by atoms with Crippen molar-refractivity contribution in [3.05, 3.63) is 29.8 Å². The Labute approximate surface area is 101 Å². The Morgan fingerprint density at radius 1 is 1.47 bits per heavy atom. The lowest BCUT2D eigenvalue weighted by Crippen LogP contribution is -2.40. The SMILES string of the molecule is CCc1ccccc1NC(=O)C1(C#N)CCC1. The quantitative estimate of drug-likeness (QED) is 0.864. The van der Waals surface area contributed by atoms with Crippen LogP contribution in [0.5, 0.6) is 0 Å². The number of nitrogens with zero attached hydrogens (tertiary/aromatic N) is 1. The molecule has 1 aliphatic rings. The molecule has 1 aliphatic carbocycles. The van der Waals surface area contributed by atoms with Crippen LogP contribution in [0.3, 0.4) is 0 Å². The van der Waals surface area contributed by atoms with Gasteiger partial charge in [0.05, 0.1) is 6.07 Å². The standard InChI is InChI=1S/C14H16N2O/c1-2-11-6-3-4-7-12(11)16-13(17)14(10-15)8-5-9-14/h3-4,6-7H,2,5,8-9H2,1H3,(H,16,17). The number of amides is 1. The molecule has 3 heteroatoms. The molecule has 0 aromatic heterocycles. The molecule has 1 aromatic carbocycles. The normalized spacial score (nSPS) is 16.7. The molecular weight excluding hydrogens is 212 g/mol. The van der Waals surface area contributed by atoms with Crippen molar-refractivity contribution in [2.75, 3.05) is 5.32 Å². The Kier molecular flexibility index (Phi) is 3.14. The highest BCUT2D eigenvalue weighted by atomic mass is 16.2. The van der Waals surface area contributed by atoms with Gasteiger partial charge in [0.25, 0.3) is 0 Å². The summed E-state index contributed by atoms with van der Waals surface area (Å²) in [6, 6.07) is 9.90. The summed E-state index contributed by atoms with van der Waals surface area (Å²) >= 11 is 0. The van der Waals surface area contributed by atoms with Crippen molar-refractivity contribution in [2.45, 2.75) is 32.6 Å². The molecule has 2 rings (SSSR count). The van der Waals surface area contributed by atoms with Gasteiger partial charge in [-0.2, -0.15) is 5.26 Å². The zero-order valence-corrected chi connectivity index (χ0v) is 9.99. The Hall–Kier alpha value is -1.82. The fourth-order valence-corrected chi connectivity index (χ4v) is 2.11. The van der Waals surface area contributed by atoms with Crippen molar-refractivity contribution < 1.29 is 4.79 Å². The highest BCUT2D eigenvalue weighted by Gasteiger charge is 2.44. The number of para-hydroxylation sites is 1. The largest absolute Gasteiger partial charge is 0.324 e. The van der Waals surface area contributed by atoms with Crippen molar-refractivity contribution in [3.63, 3.8) is 0 Å². The lowest BCUT2D eigenvalue weighted by atomic mass is 9.69. The molecule has 3 nitrogen and oxygen atoms in total. The number of benzene rings is 1. The summed E-state index contributed by atoms with van der Waals surface area (Å²) in [7, 11) is 0. The van der Waals surface area contributed by atoms with Crippen molar-refractivity contribution in [2.24, 2.45) is 5.41 Å². The monoisotopic (exact) mass is 228 g/mol. The van der Waals surface area contributed by atoms with Gasteiger partial charge in [0.2, 0.25) is 5.91 Å². The van der Waals surface area contributed by atoms with Crippen molar-refractivity contribution >= 4 is 11.6 Å². The third-order valence-electron chi connectivity index (χ3n) is 3.50. The maximum Gasteiger partial charge on any atom is 0.244 e. The van der Waals surface area contributed by atoms with Crippen LogP contribution in [-0.4, -0.2) is 5.91 Å². The second-order valence-corrected chi connectivity index (χ2v) is 4.51. The van der Waals surface area contributed by atoms with Gasteiger partial charge in [-0.25, -0.2) is 0 Å². The van der Waals surface area contributed by atoms with E-state index in [2.05, 4.69) is 11.4 Å². The second kappa shape index (κ2) is 4.58. The fraction of sp³-hybridized carbons (Fsp3) is 0.429. The van der Waals surface area contributed by atoms with E-state index in [4.69, 9.17) is 5.26 Å². The van der Waals surface area contributed by atoms with Gasteiger partial charge in [0.1, 0.15) is 5.41 Å². The molecule has 1 N–H and O–H groups in total. The second-order valence-electron chi connectivity index (χ2n) is 4.51. The lowest BCUT2D eigenvalue weighted by Gasteiger charge is -2.33. The molecule has 1 amide bonds. The minimum absolute atomic E-state index is 0.146. The molecule has 1 aromatic rings. The molecule has 17 heavy (non-hydrogen) atoms. The first kappa shape index (κ1) is 11.7. The van der Waals surface area contributed by atoms with E-state index in [9.17, 15) is 4.79 Å². The zero-order chi connectivity index (χ0) is 12.3. The summed E-state index contributed by atoms with van der Waals surface area (Å²) in [5.74, 6) is -0.146. The molecule has 0 bridgehead atoms. The molecule has 0 spiro atoms. The highest BCUT2D eigenvalue weighted by molar-refractivity contribution is 5.98. The maximum absolute atomic E-state index is 12.1. The smallest absolute Gasteiger partial charge is 0.244 e. The first-order valence-corrected chi connectivity index (χ1v) is 6.02. The molecule has 0 radical (unpaired) electrons. The van der Waals surface area contributed by atoms with E-state index >= 15 is 0 Å². The van der Waals surface area contributed by atoms with Crippen molar-refractivity contribution in [3.8, 4) is 6.07 Å². The van der Waals surface area contributed by atoms with E-state index in [0.29, 0.717) is 12.8 Å². The van der Waals surface area contributed by atoms with E-state index in [1.165, 1.54) is 0 Å². The van der Waals surface area contributed by atoms with Crippen LogP contribution >= 0.6 is 0 Å². The van der Waals surface area contributed by atoms with Gasteiger partial charge in [-0.15, -0.1) is 0 Å². The van der Waals surface area contributed by atoms with Crippen LogP contribution in [0.25, 0.3) is 0 Å². The van der Waals surface area contributed by atoms with E-state index in [1.54, 1.807) is 0 Å². The average molecular weight is 228 g/mol. The summed E-state index contributed by atoms with van der Waals surface area (Å²) in [4.78, 5) is 12.1. The third kappa shape index (κ3) is 2.03. The number of hydrogen-bond acceptors (Lipinski definition) is 2. The molecule has 1 fully saturated rings. The molecule has 0 unspecified atom stereocenters. The molecule has 88 valence electrons. The summed E-state index contributed by atoms with van der Waals surface area (Å²) in [5, 5.41) is 12.0. The Bertz CT molecular complexity index is 469. The van der Waals surface area contributed by atoms with Gasteiger partial charge < -0.3 is 5.32 Å². The Morgan fingerprint density at radius 3 is 2.71 bits per heavy atom. The summed E-state index contributed by atoms with van der Waals surface area (Å²) < 4.78 is 0. The van der Waals surface area contributed by atoms with E-state index in [1.807, 2.05) is 31.2 Å². The minimum atomic E-state index is -0.777. The minimum Gasteiger partial charge on any atom is -0.324 e. The zero-order valence-electron chi connectivity index (χ0n) is 9.99. The molecular formula is C14H16N2O. The fourth-order valence-electron chi connectivity index (χ4n) is 2.11. The summed E-state index contributed by atoms with van der Waals surface area (Å²) in [6.07, 6.45) is 3.21. The average Bonchev–Trinajstić information content (AvgIpc) is 2.29. The van der Waals surface area contributed by atoms with Crippen LogP contribution < -0.4 is 5.32 Å². The predicted molar refractivity (Wildman–Crippen MR) is 66.3 cm³/mol. The van der Waals surface area contributed by atoms with Crippen molar-refractivity contribution in [1.29, 1.82) is 5.26 Å². The van der Waals surface area contributed by atoms with E-state index in [0.717, 1.165) is 24.1 Å². The predicted octanol–water partition coefficient (Wildman–Crippen LogP) is 2.88. The van der Waals surface area contributed by atoms with Gasteiger partial charge in [0.15, 0.2) is 0 Å². The summed E-state index contributed by atoms with van der Waals surface area (Å²) in [5.41, 5.74) is 1.16. The van der Waals surface area contributed by atoms with Gasteiger partial charge >= 0.3 is 0 Å². The summed E-state index contributed by atoms with van der Waals surface area (Å²) in [6.45, 7) is 2.05. The maximum atomic E-state index is 12.1. The van der Waals surface area contributed by atoms with E-state index < -0.39 is 5.41 Å². The number of carbonyl (C=O) groups is 1. The number of rotatable bonds is 3. The first-order chi connectivity index (χ1) is 8.22. The van der Waals surface area contributed by atoms with Gasteiger partial charge in [-0.1, -0.05) is 25.1 Å². The molecule has 0 heterocycles. The van der Waals surface area contributed by atoms with Crippen LogP contribution in [0.4, 0.5) is 5.69 Å². The molecule has 0 aliphatic heterocycles. The molecule has 0 saturated heterocycles.